The summed E-state index contributed by atoms with van der Waals surface area (Å²) in [6.45, 7) is 0.413. The van der Waals surface area contributed by atoms with Crippen LogP contribution in [0.5, 0.6) is 34.5 Å². The number of carbonyl (C=O) groups is 6. The number of amides is 2. The minimum atomic E-state index is -1.95. The molecule has 3 atom stereocenters. The molecule has 0 spiro atoms. The van der Waals surface area contributed by atoms with Crippen molar-refractivity contribution in [2.24, 2.45) is 11.8 Å². The number of unbranched alkanes of at least 4 members (excludes halogenated alkanes) is 1. The molecule has 2 saturated carbocycles. The van der Waals surface area contributed by atoms with E-state index in [-0.39, 0.29) is 70.2 Å². The number of carbonyl (C=O) groups excluding carboxylic acids is 6. The number of ether oxygens (including phenoxy) is 8. The van der Waals surface area contributed by atoms with Crippen molar-refractivity contribution in [3.63, 3.8) is 0 Å². The molecule has 0 aromatic heterocycles. The predicted molar refractivity (Wildman–Crippen MR) is 258 cm³/mol. The van der Waals surface area contributed by atoms with Crippen molar-refractivity contribution in [3.05, 3.63) is 35.4 Å². The van der Waals surface area contributed by atoms with Gasteiger partial charge >= 0.3 is 11.9 Å². The molecule has 2 amide bonds. The van der Waals surface area contributed by atoms with E-state index in [1.54, 1.807) is 14.2 Å². The summed E-state index contributed by atoms with van der Waals surface area (Å²) in [5, 5.41) is 23.0. The molecule has 2 aromatic carbocycles. The number of piperidine rings is 2. The van der Waals surface area contributed by atoms with E-state index in [1.165, 1.54) is 38.2 Å². The summed E-state index contributed by atoms with van der Waals surface area (Å²) in [4.78, 5) is 85.3. The Bertz CT molecular complexity index is 2150. The Morgan fingerprint density at radius 2 is 0.972 bits per heavy atom. The van der Waals surface area contributed by atoms with Crippen LogP contribution >= 0.6 is 0 Å². The predicted octanol–water partition coefficient (Wildman–Crippen LogP) is 5.52. The number of rotatable bonds is 22. The highest BCUT2D eigenvalue weighted by atomic mass is 16.5. The van der Waals surface area contributed by atoms with E-state index in [4.69, 9.17) is 37.9 Å². The molecule has 71 heavy (non-hydrogen) atoms. The zero-order chi connectivity index (χ0) is 51.3. The second-order valence-electron chi connectivity index (χ2n) is 19.4. The molecule has 2 aliphatic carbocycles. The molecule has 0 radical (unpaired) electrons. The number of hydrogen-bond donors (Lipinski definition) is 2. The van der Waals surface area contributed by atoms with Gasteiger partial charge in [-0.2, -0.15) is 0 Å². The van der Waals surface area contributed by atoms with Gasteiger partial charge in [-0.25, -0.2) is 9.59 Å². The van der Waals surface area contributed by atoms with Crippen molar-refractivity contribution in [3.8, 4) is 34.5 Å². The van der Waals surface area contributed by atoms with Gasteiger partial charge in [-0.3, -0.25) is 19.2 Å². The minimum absolute atomic E-state index is 0.00214. The van der Waals surface area contributed by atoms with Gasteiger partial charge in [0.1, 0.15) is 23.3 Å². The molecule has 18 nitrogen and oxygen atoms in total. The van der Waals surface area contributed by atoms with Crippen LogP contribution in [0.2, 0.25) is 0 Å². The number of esters is 2. The fourth-order valence-electron chi connectivity index (χ4n) is 11.0. The van der Waals surface area contributed by atoms with Crippen LogP contribution in [-0.2, 0) is 51.1 Å². The first-order valence-electron chi connectivity index (χ1n) is 25.2. The molecule has 2 aromatic rings. The first-order valence-corrected chi connectivity index (χ1v) is 25.2. The topological polar surface area (TPSA) is 223 Å². The maximum Gasteiger partial charge on any atom is 0.328 e. The lowest BCUT2D eigenvalue weighted by Crippen LogP contribution is -2.58. The highest BCUT2D eigenvalue weighted by Crippen LogP contribution is 2.43. The van der Waals surface area contributed by atoms with Crippen LogP contribution < -0.4 is 28.4 Å². The zero-order valence-electron chi connectivity index (χ0n) is 42.4. The summed E-state index contributed by atoms with van der Waals surface area (Å²) in [7, 11) is 9.22. The second-order valence-corrected chi connectivity index (χ2v) is 19.4. The van der Waals surface area contributed by atoms with Gasteiger partial charge in [-0.05, 0) is 150 Å². The summed E-state index contributed by atoms with van der Waals surface area (Å²) < 4.78 is 44.1. The fraction of sp³-hybridized carbons (Fsp3) is 0.660. The van der Waals surface area contributed by atoms with Gasteiger partial charge in [0.15, 0.2) is 23.0 Å². The largest absolute Gasteiger partial charge is 0.493 e. The van der Waals surface area contributed by atoms with Gasteiger partial charge < -0.3 is 57.9 Å². The van der Waals surface area contributed by atoms with Crippen molar-refractivity contribution in [1.82, 2.24) is 9.80 Å². The van der Waals surface area contributed by atoms with Crippen molar-refractivity contribution in [2.45, 2.75) is 145 Å². The lowest BCUT2D eigenvalue weighted by molar-refractivity contribution is -0.167. The van der Waals surface area contributed by atoms with E-state index < -0.39 is 58.6 Å². The minimum Gasteiger partial charge on any atom is -0.493 e. The van der Waals surface area contributed by atoms with Crippen LogP contribution in [0.4, 0.5) is 0 Å². The van der Waals surface area contributed by atoms with E-state index in [2.05, 4.69) is 0 Å². The summed E-state index contributed by atoms with van der Waals surface area (Å²) in [5.41, 5.74) is -1.89. The van der Waals surface area contributed by atoms with Crippen LogP contribution in [0.25, 0.3) is 0 Å². The van der Waals surface area contributed by atoms with E-state index in [0.717, 1.165) is 17.5 Å². The van der Waals surface area contributed by atoms with Gasteiger partial charge in [-0.15, -0.1) is 0 Å². The average Bonchev–Trinajstić information content (AvgIpc) is 3.40. The molecule has 4 fully saturated rings. The molecule has 4 aliphatic rings. The number of methoxy groups -OCH3 is 6. The molecule has 2 heterocycles. The Hall–Kier alpha value is -5.62. The normalized spacial score (nSPS) is 23.2. The van der Waals surface area contributed by atoms with Crippen molar-refractivity contribution in [1.29, 1.82) is 0 Å². The lowest BCUT2D eigenvalue weighted by Gasteiger charge is -2.44. The number of aliphatic hydroxyl groups is 2. The average molecular weight is 995 g/mol. The van der Waals surface area contributed by atoms with E-state index >= 15 is 0 Å². The SMILES string of the molecule is COc1cc(CCCCOC(=O)C2CC(C3CCC(O)(C(=O)C(=O)N4CCCCC4C(=O)OCCCc4cc(OC)c(OC)c(OC)c4)CC3)CCN2C(=O)C(=O)C2(O)CCCCC2)cc(OC)c1OC. The Morgan fingerprint density at radius 3 is 1.48 bits per heavy atom. The maximum absolute atomic E-state index is 14.0. The quantitative estimate of drug-likeness (QED) is 0.0842. The molecular weight excluding hydrogens is 921 g/mol. The molecule has 6 rings (SSSR count). The molecule has 2 N–H and O–H groups in total. The third-order valence-corrected chi connectivity index (χ3v) is 15.1. The van der Waals surface area contributed by atoms with Crippen molar-refractivity contribution < 1.29 is 76.9 Å². The van der Waals surface area contributed by atoms with Crippen LogP contribution in [-0.4, -0.2) is 148 Å². The lowest BCUT2D eigenvalue weighted by atomic mass is 9.68. The molecule has 0 bridgehead atoms. The van der Waals surface area contributed by atoms with E-state index in [9.17, 15) is 39.0 Å². The number of aryl methyl sites for hydroxylation is 2. The molecule has 18 heteroatoms. The number of nitrogens with zero attached hydrogens (tertiary/aromatic N) is 2. The van der Waals surface area contributed by atoms with E-state index in [0.29, 0.717) is 118 Å². The molecule has 2 saturated heterocycles. The van der Waals surface area contributed by atoms with Gasteiger partial charge in [-0.1, -0.05) is 19.3 Å². The number of ketones is 2. The smallest absolute Gasteiger partial charge is 0.328 e. The monoisotopic (exact) mass is 995 g/mol. The Labute approximate surface area is 416 Å². The third-order valence-electron chi connectivity index (χ3n) is 15.1. The van der Waals surface area contributed by atoms with Crippen LogP contribution in [0.15, 0.2) is 24.3 Å². The fourth-order valence-corrected chi connectivity index (χ4v) is 11.0. The number of Topliss-reactive ketones (excluding diaryl/α,β-unsaturated/α-hetero) is 2. The third kappa shape index (κ3) is 12.9. The summed E-state index contributed by atoms with van der Waals surface area (Å²) >= 11 is 0. The summed E-state index contributed by atoms with van der Waals surface area (Å²) in [6.07, 6.45) is 8.23. The summed E-state index contributed by atoms with van der Waals surface area (Å²) in [6, 6.07) is 5.34. The van der Waals surface area contributed by atoms with Crippen LogP contribution in [0.3, 0.4) is 0 Å². The Morgan fingerprint density at radius 1 is 0.507 bits per heavy atom. The van der Waals surface area contributed by atoms with E-state index in [1.807, 2.05) is 24.3 Å². The van der Waals surface area contributed by atoms with Crippen LogP contribution in [0, 0.1) is 11.8 Å². The molecule has 2 aliphatic heterocycles. The van der Waals surface area contributed by atoms with Gasteiger partial charge in [0, 0.05) is 13.1 Å². The second kappa shape index (κ2) is 25.2. The highest BCUT2D eigenvalue weighted by Gasteiger charge is 2.51. The number of likely N-dealkylation sites (tertiary alicyclic amines) is 2. The molecule has 392 valence electrons. The standard InChI is InChI=1S/C53H74N2O16/c1-64-40-29-34(30-41(65-2)44(40)68-5)15-9-13-27-70-51(61)39-33-37(20-26-55(39)49(59)46(56)52(62)21-10-7-11-22-52)36-18-23-53(63,24-19-36)47(57)48(58)54-25-12-8-17-38(54)50(60)71-28-14-16-35-31-42(66-3)45(69-6)43(32-35)67-4/h29-32,36-39,62-63H,7-28,33H2,1-6H3. The van der Waals surface area contributed by atoms with Crippen molar-refractivity contribution >= 4 is 35.3 Å². The first-order chi connectivity index (χ1) is 34.1. The zero-order valence-corrected chi connectivity index (χ0v) is 42.4. The summed E-state index contributed by atoms with van der Waals surface area (Å²) in [5.74, 6) is -2.06. The van der Waals surface area contributed by atoms with Gasteiger partial charge in [0.2, 0.25) is 11.5 Å². The van der Waals surface area contributed by atoms with Gasteiger partial charge in [0.25, 0.3) is 23.4 Å². The Balaban J connectivity index is 1.04. The molecular formula is C53H74N2O16. The Kier molecular flexibility index (Phi) is 19.4. The van der Waals surface area contributed by atoms with Crippen molar-refractivity contribution in [2.75, 3.05) is 69.0 Å². The maximum atomic E-state index is 14.0. The number of benzene rings is 2. The highest BCUT2D eigenvalue weighted by molar-refractivity contribution is 6.40. The van der Waals surface area contributed by atoms with Gasteiger partial charge in [0.05, 0.1) is 55.9 Å². The number of hydrogen-bond acceptors (Lipinski definition) is 16. The molecule has 3 unspecified atom stereocenters. The first kappa shape index (κ1) is 54.7. The van der Waals surface area contributed by atoms with Crippen LogP contribution in [0.1, 0.15) is 120 Å².